The van der Waals surface area contributed by atoms with Gasteiger partial charge in [0, 0.05) is 29.3 Å². The number of hydrogen-bond donors (Lipinski definition) is 2. The first-order chi connectivity index (χ1) is 12.6. The number of thiazole rings is 1. The minimum atomic E-state index is -0.359. The second-order valence-electron chi connectivity index (χ2n) is 6.29. The highest BCUT2D eigenvalue weighted by Gasteiger charge is 2.33. The van der Waals surface area contributed by atoms with Crippen molar-refractivity contribution in [2.75, 3.05) is 24.3 Å². The summed E-state index contributed by atoms with van der Waals surface area (Å²) in [6.07, 6.45) is 2.56. The van der Waals surface area contributed by atoms with Gasteiger partial charge in [0.2, 0.25) is 0 Å². The Morgan fingerprint density at radius 2 is 2.31 bits per heavy atom. The zero-order chi connectivity index (χ0) is 18.1. The SMILES string of the molecule is Cc1cnc(NC(=O)NC2COCC2n2nc3c(cc2=O)CSCC3)s1. The van der Waals surface area contributed by atoms with E-state index in [9.17, 15) is 9.59 Å². The fourth-order valence-corrected chi connectivity index (χ4v) is 4.71. The van der Waals surface area contributed by atoms with Gasteiger partial charge in [-0.1, -0.05) is 0 Å². The van der Waals surface area contributed by atoms with Gasteiger partial charge in [0.15, 0.2) is 5.13 Å². The van der Waals surface area contributed by atoms with Crippen molar-refractivity contribution >= 4 is 34.3 Å². The van der Waals surface area contributed by atoms with E-state index in [2.05, 4.69) is 20.7 Å². The van der Waals surface area contributed by atoms with Crippen LogP contribution in [0.15, 0.2) is 17.1 Å². The number of urea groups is 1. The molecule has 0 spiro atoms. The molecule has 2 aromatic heterocycles. The molecule has 26 heavy (non-hydrogen) atoms. The number of rotatable bonds is 3. The summed E-state index contributed by atoms with van der Waals surface area (Å²) in [6.45, 7) is 2.62. The molecule has 2 amide bonds. The third kappa shape index (κ3) is 3.62. The number of carbonyl (C=O) groups is 1. The van der Waals surface area contributed by atoms with Crippen LogP contribution in [0.3, 0.4) is 0 Å². The summed E-state index contributed by atoms with van der Waals surface area (Å²) >= 11 is 3.22. The van der Waals surface area contributed by atoms with Crippen LogP contribution >= 0.6 is 23.1 Å². The van der Waals surface area contributed by atoms with E-state index < -0.39 is 0 Å². The standard InChI is InChI=1S/C16H19N5O3S2/c1-9-5-17-16(26-9)19-15(23)18-12-6-24-7-13(12)21-14(22)4-10-8-25-3-2-11(10)20-21/h4-5,12-13H,2-3,6-8H2,1H3,(H2,17,18,19,23). The summed E-state index contributed by atoms with van der Waals surface area (Å²) in [7, 11) is 0. The van der Waals surface area contributed by atoms with Gasteiger partial charge in [-0.25, -0.2) is 14.5 Å². The Morgan fingerprint density at radius 3 is 3.12 bits per heavy atom. The molecule has 0 aliphatic carbocycles. The van der Waals surface area contributed by atoms with E-state index in [1.807, 2.05) is 18.7 Å². The first-order valence-electron chi connectivity index (χ1n) is 8.37. The summed E-state index contributed by atoms with van der Waals surface area (Å²) in [5.41, 5.74) is 1.84. The van der Waals surface area contributed by atoms with Gasteiger partial charge in [-0.3, -0.25) is 10.1 Å². The molecule has 1 saturated heterocycles. The Morgan fingerprint density at radius 1 is 1.42 bits per heavy atom. The van der Waals surface area contributed by atoms with Crippen LogP contribution in [0.1, 0.15) is 22.2 Å². The van der Waals surface area contributed by atoms with E-state index in [1.165, 1.54) is 16.0 Å². The van der Waals surface area contributed by atoms with E-state index in [4.69, 9.17) is 4.74 Å². The highest BCUT2D eigenvalue weighted by atomic mass is 32.2. The third-order valence-corrected chi connectivity index (χ3v) is 6.22. The molecule has 8 nitrogen and oxygen atoms in total. The van der Waals surface area contributed by atoms with Crippen LogP contribution in [0.5, 0.6) is 0 Å². The van der Waals surface area contributed by atoms with Gasteiger partial charge in [0.1, 0.15) is 6.04 Å². The Bertz CT molecular complexity index is 881. The number of fused-ring (bicyclic) bond motifs is 1. The van der Waals surface area contributed by atoms with Gasteiger partial charge in [-0.2, -0.15) is 16.9 Å². The Labute approximate surface area is 158 Å². The van der Waals surface area contributed by atoms with Crippen molar-refractivity contribution in [3.8, 4) is 0 Å². The molecule has 2 aliphatic rings. The molecular weight excluding hydrogens is 374 g/mol. The fourth-order valence-electron chi connectivity index (χ4n) is 3.10. The van der Waals surface area contributed by atoms with E-state index in [0.717, 1.165) is 34.1 Å². The molecule has 1 fully saturated rings. The van der Waals surface area contributed by atoms with E-state index in [0.29, 0.717) is 18.3 Å². The Kier molecular flexibility index (Phi) is 4.96. The number of thioether (sulfide) groups is 1. The molecule has 2 atom stereocenters. The lowest BCUT2D eigenvalue weighted by Gasteiger charge is -2.22. The van der Waals surface area contributed by atoms with E-state index in [1.54, 1.807) is 12.3 Å². The molecule has 0 bridgehead atoms. The molecule has 138 valence electrons. The summed E-state index contributed by atoms with van der Waals surface area (Å²) in [5, 5.41) is 10.7. The molecule has 0 radical (unpaired) electrons. The maximum absolute atomic E-state index is 12.5. The predicted molar refractivity (Wildman–Crippen MR) is 101 cm³/mol. The largest absolute Gasteiger partial charge is 0.377 e. The third-order valence-electron chi connectivity index (χ3n) is 4.39. The fraction of sp³-hybridized carbons (Fsp3) is 0.500. The lowest BCUT2D eigenvalue weighted by atomic mass is 10.1. The van der Waals surface area contributed by atoms with Crippen LogP contribution < -0.4 is 16.2 Å². The van der Waals surface area contributed by atoms with Crippen molar-refractivity contribution < 1.29 is 9.53 Å². The van der Waals surface area contributed by atoms with Gasteiger partial charge in [-0.05, 0) is 18.2 Å². The van der Waals surface area contributed by atoms with Crippen LogP contribution in [-0.2, 0) is 16.9 Å². The first kappa shape index (κ1) is 17.5. The van der Waals surface area contributed by atoms with Crippen molar-refractivity contribution in [1.29, 1.82) is 0 Å². The van der Waals surface area contributed by atoms with Crippen molar-refractivity contribution in [1.82, 2.24) is 20.1 Å². The van der Waals surface area contributed by atoms with Crippen molar-refractivity contribution in [2.24, 2.45) is 0 Å². The molecule has 0 aromatic carbocycles. The molecule has 2 unspecified atom stereocenters. The average Bonchev–Trinajstić information content (AvgIpc) is 3.23. The monoisotopic (exact) mass is 393 g/mol. The second kappa shape index (κ2) is 7.37. The van der Waals surface area contributed by atoms with Crippen LogP contribution in [0.4, 0.5) is 9.93 Å². The first-order valence-corrected chi connectivity index (χ1v) is 10.3. The number of nitrogens with one attached hydrogen (secondary N) is 2. The quantitative estimate of drug-likeness (QED) is 0.821. The minimum absolute atomic E-state index is 0.149. The van der Waals surface area contributed by atoms with Crippen LogP contribution in [0, 0.1) is 6.92 Å². The highest BCUT2D eigenvalue weighted by Crippen LogP contribution is 2.24. The van der Waals surface area contributed by atoms with E-state index >= 15 is 0 Å². The number of hydrogen-bond acceptors (Lipinski definition) is 7. The molecule has 2 N–H and O–H groups in total. The lowest BCUT2D eigenvalue weighted by molar-refractivity contribution is 0.180. The molecular formula is C16H19N5O3S2. The summed E-state index contributed by atoms with van der Waals surface area (Å²) in [4.78, 5) is 29.9. The van der Waals surface area contributed by atoms with Crippen molar-refractivity contribution in [3.05, 3.63) is 38.8 Å². The van der Waals surface area contributed by atoms with Crippen molar-refractivity contribution in [2.45, 2.75) is 31.2 Å². The topological polar surface area (TPSA) is 98.1 Å². The highest BCUT2D eigenvalue weighted by molar-refractivity contribution is 7.98. The van der Waals surface area contributed by atoms with E-state index in [-0.39, 0.29) is 23.7 Å². The summed E-state index contributed by atoms with van der Waals surface area (Å²) in [6, 6.07) is 0.674. The van der Waals surface area contributed by atoms with Gasteiger partial charge < -0.3 is 10.1 Å². The number of carbonyl (C=O) groups excluding carboxylic acids is 1. The number of aryl methyl sites for hydroxylation is 2. The summed E-state index contributed by atoms with van der Waals surface area (Å²) in [5.74, 6) is 1.84. The molecule has 0 saturated carbocycles. The summed E-state index contributed by atoms with van der Waals surface area (Å²) < 4.78 is 6.99. The van der Waals surface area contributed by atoms with Gasteiger partial charge in [0.25, 0.3) is 5.56 Å². The maximum Gasteiger partial charge on any atom is 0.321 e. The maximum atomic E-state index is 12.5. The van der Waals surface area contributed by atoms with Crippen LogP contribution in [0.25, 0.3) is 0 Å². The van der Waals surface area contributed by atoms with Gasteiger partial charge in [-0.15, -0.1) is 11.3 Å². The predicted octanol–water partition coefficient (Wildman–Crippen LogP) is 1.56. The minimum Gasteiger partial charge on any atom is -0.377 e. The molecule has 2 aromatic rings. The molecule has 4 rings (SSSR count). The average molecular weight is 393 g/mol. The van der Waals surface area contributed by atoms with Crippen molar-refractivity contribution in [3.63, 3.8) is 0 Å². The number of amides is 2. The Balaban J connectivity index is 1.50. The van der Waals surface area contributed by atoms with Crippen LogP contribution in [-0.4, -0.2) is 45.8 Å². The smallest absolute Gasteiger partial charge is 0.321 e. The number of ether oxygens (including phenoxy) is 1. The molecule has 2 aliphatic heterocycles. The van der Waals surface area contributed by atoms with Gasteiger partial charge >= 0.3 is 6.03 Å². The lowest BCUT2D eigenvalue weighted by Crippen LogP contribution is -2.45. The molecule has 10 heteroatoms. The number of nitrogens with zero attached hydrogens (tertiary/aromatic N) is 3. The van der Waals surface area contributed by atoms with Gasteiger partial charge in [0.05, 0.1) is 24.9 Å². The molecule has 4 heterocycles. The zero-order valence-corrected chi connectivity index (χ0v) is 15.9. The normalized spacial score (nSPS) is 22.0. The number of aromatic nitrogens is 3. The second-order valence-corrected chi connectivity index (χ2v) is 8.63. The number of anilines is 1. The zero-order valence-electron chi connectivity index (χ0n) is 14.2. The Hall–Kier alpha value is -1.91. The van der Waals surface area contributed by atoms with Crippen LogP contribution in [0.2, 0.25) is 0 Å².